The molecule has 28 heavy (non-hydrogen) atoms. The quantitative estimate of drug-likeness (QED) is 0.323. The van der Waals surface area contributed by atoms with E-state index in [2.05, 4.69) is 15.0 Å². The van der Waals surface area contributed by atoms with Gasteiger partial charge in [-0.1, -0.05) is 23.8 Å². The fraction of sp³-hybridized carbons (Fsp3) is 0.316. The summed E-state index contributed by atoms with van der Waals surface area (Å²) < 4.78 is 40.0. The summed E-state index contributed by atoms with van der Waals surface area (Å²) in [7, 11) is 3.12. The normalized spacial score (nSPS) is 11.0. The van der Waals surface area contributed by atoms with Crippen LogP contribution in [-0.2, 0) is 13.1 Å². The predicted octanol–water partition coefficient (Wildman–Crippen LogP) is 3.84. The van der Waals surface area contributed by atoms with Gasteiger partial charge in [0, 0.05) is 12.1 Å². The average molecular weight is 507 g/mol. The van der Waals surface area contributed by atoms with Crippen LogP contribution in [0.1, 0.15) is 16.7 Å². The third-order valence-electron chi connectivity index (χ3n) is 3.77. The average Bonchev–Trinajstić information content (AvgIpc) is 2.65. The molecule has 154 valence electrons. The molecule has 0 bridgehead atoms. The number of nitrogens with two attached hydrogens (primary N) is 1. The Morgan fingerprint density at radius 1 is 1.07 bits per heavy atom. The second-order valence-corrected chi connectivity index (χ2v) is 5.73. The van der Waals surface area contributed by atoms with Crippen LogP contribution in [0.25, 0.3) is 0 Å². The maximum atomic E-state index is 12.5. The summed E-state index contributed by atoms with van der Waals surface area (Å²) >= 11 is 0. The molecule has 2 rings (SSSR count). The van der Waals surface area contributed by atoms with Gasteiger partial charge in [-0.3, -0.25) is 0 Å². The lowest BCUT2D eigenvalue weighted by Gasteiger charge is -2.13. The maximum absolute atomic E-state index is 12.5. The fourth-order valence-electron chi connectivity index (χ4n) is 2.45. The molecule has 0 aromatic heterocycles. The van der Waals surface area contributed by atoms with E-state index < -0.39 is 6.61 Å². The minimum atomic E-state index is -2.89. The first-order valence-electron chi connectivity index (χ1n) is 8.22. The number of hydrogen-bond donors (Lipinski definition) is 2. The molecule has 0 saturated heterocycles. The fourth-order valence-corrected chi connectivity index (χ4v) is 2.45. The first-order chi connectivity index (χ1) is 12.9. The van der Waals surface area contributed by atoms with Crippen LogP contribution in [0.3, 0.4) is 0 Å². The number of benzene rings is 2. The molecule has 0 radical (unpaired) electrons. The van der Waals surface area contributed by atoms with E-state index >= 15 is 0 Å². The van der Waals surface area contributed by atoms with Crippen molar-refractivity contribution in [1.82, 2.24) is 5.32 Å². The Bertz CT molecular complexity index is 804. The second kappa shape index (κ2) is 11.5. The summed E-state index contributed by atoms with van der Waals surface area (Å²) in [6.45, 7) is -0.481. The number of hydrogen-bond acceptors (Lipinski definition) is 4. The number of rotatable bonds is 8. The summed E-state index contributed by atoms with van der Waals surface area (Å²) in [5, 5.41) is 2.91. The van der Waals surface area contributed by atoms with Gasteiger partial charge in [0.1, 0.15) is 5.75 Å². The van der Waals surface area contributed by atoms with Gasteiger partial charge in [0.2, 0.25) is 0 Å². The van der Waals surface area contributed by atoms with E-state index in [1.807, 2.05) is 19.1 Å². The monoisotopic (exact) mass is 507 g/mol. The molecule has 2 aromatic rings. The summed E-state index contributed by atoms with van der Waals surface area (Å²) in [5.74, 6) is 1.53. The first-order valence-corrected chi connectivity index (χ1v) is 8.22. The Labute approximate surface area is 180 Å². The van der Waals surface area contributed by atoms with Crippen molar-refractivity contribution in [2.75, 3.05) is 14.2 Å². The highest BCUT2D eigenvalue weighted by Gasteiger charge is 2.10. The van der Waals surface area contributed by atoms with Crippen LogP contribution in [0.2, 0.25) is 0 Å². The number of ether oxygens (including phenoxy) is 3. The van der Waals surface area contributed by atoms with Gasteiger partial charge in [-0.2, -0.15) is 8.78 Å². The molecule has 0 amide bonds. The van der Waals surface area contributed by atoms with Crippen molar-refractivity contribution in [3.05, 3.63) is 53.1 Å². The number of methoxy groups -OCH3 is 2. The van der Waals surface area contributed by atoms with Crippen molar-refractivity contribution in [2.45, 2.75) is 26.6 Å². The number of aliphatic imine (C=N–C) groups is 1. The van der Waals surface area contributed by atoms with E-state index in [9.17, 15) is 8.78 Å². The van der Waals surface area contributed by atoms with Crippen LogP contribution >= 0.6 is 24.0 Å². The second-order valence-electron chi connectivity index (χ2n) is 5.73. The zero-order valence-corrected chi connectivity index (χ0v) is 18.2. The van der Waals surface area contributed by atoms with E-state index in [4.69, 9.17) is 15.2 Å². The standard InChI is InChI=1S/C19H23F2N3O3.HI/c1-12-4-6-15(27-18(20)21)14(8-12)11-24-19(22)23-10-13-5-7-16(25-2)17(9-13)26-3;/h4-9,18H,10-11H2,1-3H3,(H3,22,23,24);1H. The molecule has 0 unspecified atom stereocenters. The van der Waals surface area contributed by atoms with Crippen LogP contribution in [0, 0.1) is 6.92 Å². The number of guanidine groups is 1. The molecule has 0 spiro atoms. The topological polar surface area (TPSA) is 78.1 Å². The molecule has 0 aliphatic heterocycles. The molecule has 6 nitrogen and oxygen atoms in total. The smallest absolute Gasteiger partial charge is 0.387 e. The number of nitrogens with one attached hydrogen (secondary N) is 1. The van der Waals surface area contributed by atoms with Gasteiger partial charge in [0.15, 0.2) is 17.5 Å². The van der Waals surface area contributed by atoms with Gasteiger partial charge < -0.3 is 25.3 Å². The molecule has 0 fully saturated rings. The SMILES string of the molecule is COc1ccc(CN=C(N)NCc2cc(C)ccc2OC(F)F)cc1OC.I. The number of aryl methyl sites for hydroxylation is 1. The summed E-state index contributed by atoms with van der Waals surface area (Å²) in [6.07, 6.45) is 0. The molecule has 9 heteroatoms. The van der Waals surface area contributed by atoms with E-state index in [1.165, 1.54) is 6.07 Å². The van der Waals surface area contributed by atoms with Crippen molar-refractivity contribution in [2.24, 2.45) is 10.7 Å². The maximum Gasteiger partial charge on any atom is 0.387 e. The molecule has 0 aliphatic rings. The zero-order valence-electron chi connectivity index (χ0n) is 15.9. The van der Waals surface area contributed by atoms with Gasteiger partial charge in [0.05, 0.1) is 20.8 Å². The van der Waals surface area contributed by atoms with Crippen LogP contribution in [0.5, 0.6) is 17.2 Å². The van der Waals surface area contributed by atoms with Crippen molar-refractivity contribution < 1.29 is 23.0 Å². The van der Waals surface area contributed by atoms with Crippen LogP contribution in [-0.4, -0.2) is 26.8 Å². The Hall–Kier alpha value is -2.30. The lowest BCUT2D eigenvalue weighted by Crippen LogP contribution is -2.31. The third kappa shape index (κ3) is 7.02. The summed E-state index contributed by atoms with van der Waals surface area (Å²) in [6, 6.07) is 10.4. The van der Waals surface area contributed by atoms with E-state index in [0.29, 0.717) is 23.6 Å². The minimum absolute atomic E-state index is 0. The molecular weight excluding hydrogens is 483 g/mol. The van der Waals surface area contributed by atoms with Gasteiger partial charge >= 0.3 is 6.61 Å². The van der Waals surface area contributed by atoms with Crippen molar-refractivity contribution >= 4 is 29.9 Å². The van der Waals surface area contributed by atoms with Crippen LogP contribution in [0.15, 0.2) is 41.4 Å². The predicted molar refractivity (Wildman–Crippen MR) is 115 cm³/mol. The van der Waals surface area contributed by atoms with E-state index in [-0.39, 0.29) is 42.2 Å². The summed E-state index contributed by atoms with van der Waals surface area (Å²) in [4.78, 5) is 4.25. The molecule has 0 atom stereocenters. The minimum Gasteiger partial charge on any atom is -0.493 e. The van der Waals surface area contributed by atoms with Crippen LogP contribution < -0.4 is 25.3 Å². The number of nitrogens with zero attached hydrogens (tertiary/aromatic N) is 1. The number of halogens is 3. The number of alkyl halides is 2. The highest BCUT2D eigenvalue weighted by Crippen LogP contribution is 2.27. The molecule has 0 aliphatic carbocycles. The van der Waals surface area contributed by atoms with Gasteiger partial charge in [-0.15, -0.1) is 24.0 Å². The van der Waals surface area contributed by atoms with E-state index in [1.54, 1.807) is 32.4 Å². The van der Waals surface area contributed by atoms with Crippen molar-refractivity contribution in [1.29, 1.82) is 0 Å². The van der Waals surface area contributed by atoms with Crippen LogP contribution in [0.4, 0.5) is 8.78 Å². The molecule has 2 aromatic carbocycles. The zero-order chi connectivity index (χ0) is 19.8. The third-order valence-corrected chi connectivity index (χ3v) is 3.77. The van der Waals surface area contributed by atoms with Crippen molar-refractivity contribution in [3.8, 4) is 17.2 Å². The van der Waals surface area contributed by atoms with E-state index in [0.717, 1.165) is 11.1 Å². The Morgan fingerprint density at radius 3 is 2.39 bits per heavy atom. The largest absolute Gasteiger partial charge is 0.493 e. The van der Waals surface area contributed by atoms with Crippen molar-refractivity contribution in [3.63, 3.8) is 0 Å². The highest BCUT2D eigenvalue weighted by molar-refractivity contribution is 14.0. The molecule has 3 N–H and O–H groups in total. The molecule has 0 saturated carbocycles. The van der Waals surface area contributed by atoms with Gasteiger partial charge in [-0.05, 0) is 30.7 Å². The Balaban J connectivity index is 0.00000392. The molecule has 0 heterocycles. The van der Waals surface area contributed by atoms with Gasteiger partial charge in [-0.25, -0.2) is 4.99 Å². The summed E-state index contributed by atoms with van der Waals surface area (Å²) in [5.41, 5.74) is 8.26. The highest BCUT2D eigenvalue weighted by atomic mass is 127. The Kier molecular flexibility index (Phi) is 9.77. The Morgan fingerprint density at radius 2 is 1.75 bits per heavy atom. The van der Waals surface area contributed by atoms with Gasteiger partial charge in [0.25, 0.3) is 0 Å². The molecular formula is C19H24F2IN3O3. The first kappa shape index (κ1) is 23.7. The lowest BCUT2D eigenvalue weighted by atomic mass is 10.1. The lowest BCUT2D eigenvalue weighted by molar-refractivity contribution is -0.0504.